The van der Waals surface area contributed by atoms with E-state index in [1.54, 1.807) is 12.4 Å². The van der Waals surface area contributed by atoms with E-state index in [-0.39, 0.29) is 5.91 Å². The zero-order valence-electron chi connectivity index (χ0n) is 18.7. The summed E-state index contributed by atoms with van der Waals surface area (Å²) in [6.45, 7) is 8.72. The molecule has 0 atom stereocenters. The first-order valence-electron chi connectivity index (χ1n) is 11.2. The lowest BCUT2D eigenvalue weighted by atomic mass is 10.2. The van der Waals surface area contributed by atoms with Gasteiger partial charge in [0.15, 0.2) is 5.82 Å². The fourth-order valence-corrected chi connectivity index (χ4v) is 4.54. The molecule has 0 bridgehead atoms. The fraction of sp³-hybridized carbons (Fsp3) is 0.360. The maximum Gasteiger partial charge on any atom is 0.241 e. The minimum absolute atomic E-state index is 0.191. The number of carbonyl (C=O) groups excluding carboxylic acids is 1. The molecule has 1 amide bonds. The summed E-state index contributed by atoms with van der Waals surface area (Å²) in [5.74, 6) is 1.88. The minimum Gasteiger partial charge on any atom is -0.354 e. The van der Waals surface area contributed by atoms with E-state index in [0.29, 0.717) is 12.4 Å². The SMILES string of the molecule is Cc1nc(-c2cccnc2)nc(N2CCN(CC(=O)N3CCc4ccccc43)CC2)c1C. The third kappa shape index (κ3) is 3.96. The molecule has 1 saturated heterocycles. The number of carbonyl (C=O) groups is 1. The topological polar surface area (TPSA) is 65.5 Å². The number of fused-ring (bicyclic) bond motifs is 1. The van der Waals surface area contributed by atoms with E-state index < -0.39 is 0 Å². The standard InChI is InChI=1S/C25H28N6O/c1-18-19(2)27-24(21-7-5-10-26-16-21)28-25(18)30-14-12-29(13-15-30)17-23(32)31-11-9-20-6-3-4-8-22(20)31/h3-8,10,16H,9,11-15,17H2,1-2H3. The molecule has 32 heavy (non-hydrogen) atoms. The van der Waals surface area contributed by atoms with Crippen molar-refractivity contribution in [1.29, 1.82) is 0 Å². The zero-order valence-corrected chi connectivity index (χ0v) is 18.7. The number of benzene rings is 1. The molecule has 0 aliphatic carbocycles. The normalized spacial score (nSPS) is 16.3. The quantitative estimate of drug-likeness (QED) is 0.637. The number of aryl methyl sites for hydroxylation is 1. The van der Waals surface area contributed by atoms with Crippen molar-refractivity contribution < 1.29 is 4.79 Å². The number of hydrogen-bond acceptors (Lipinski definition) is 6. The van der Waals surface area contributed by atoms with E-state index in [4.69, 9.17) is 4.98 Å². The number of aromatic nitrogens is 3. The van der Waals surface area contributed by atoms with Gasteiger partial charge in [-0.05, 0) is 44.0 Å². The van der Waals surface area contributed by atoms with Gasteiger partial charge < -0.3 is 9.80 Å². The lowest BCUT2D eigenvalue weighted by molar-refractivity contribution is -0.119. The fourth-order valence-electron chi connectivity index (χ4n) is 4.54. The lowest BCUT2D eigenvalue weighted by Crippen LogP contribution is -2.50. The first-order valence-corrected chi connectivity index (χ1v) is 11.2. The van der Waals surface area contributed by atoms with Crippen LogP contribution in [0.2, 0.25) is 0 Å². The highest BCUT2D eigenvalue weighted by atomic mass is 16.2. The summed E-state index contributed by atoms with van der Waals surface area (Å²) in [5.41, 5.74) is 5.36. The Balaban J connectivity index is 1.25. The maximum absolute atomic E-state index is 13.0. The Kier molecular flexibility index (Phi) is 5.57. The second kappa shape index (κ2) is 8.67. The summed E-state index contributed by atoms with van der Waals surface area (Å²) in [6, 6.07) is 12.1. The van der Waals surface area contributed by atoms with Gasteiger partial charge in [-0.2, -0.15) is 0 Å². The van der Waals surface area contributed by atoms with Crippen LogP contribution in [0.1, 0.15) is 16.8 Å². The molecule has 1 aromatic carbocycles. The van der Waals surface area contributed by atoms with Gasteiger partial charge in [-0.15, -0.1) is 0 Å². The van der Waals surface area contributed by atoms with E-state index in [9.17, 15) is 4.79 Å². The molecule has 3 aromatic rings. The zero-order chi connectivity index (χ0) is 22.1. The number of para-hydroxylation sites is 1. The van der Waals surface area contributed by atoms with Crippen LogP contribution in [0, 0.1) is 13.8 Å². The van der Waals surface area contributed by atoms with Gasteiger partial charge in [0.25, 0.3) is 0 Å². The van der Waals surface area contributed by atoms with Gasteiger partial charge in [-0.3, -0.25) is 14.7 Å². The Hall–Kier alpha value is -3.32. The van der Waals surface area contributed by atoms with Crippen LogP contribution in [0.4, 0.5) is 11.5 Å². The van der Waals surface area contributed by atoms with Gasteiger partial charge in [-0.1, -0.05) is 18.2 Å². The Morgan fingerprint density at radius 1 is 0.969 bits per heavy atom. The molecule has 0 spiro atoms. The average Bonchev–Trinajstić information content (AvgIpc) is 3.26. The van der Waals surface area contributed by atoms with Crippen LogP contribution >= 0.6 is 0 Å². The second-order valence-corrected chi connectivity index (χ2v) is 8.51. The van der Waals surface area contributed by atoms with Crippen molar-refractivity contribution in [1.82, 2.24) is 19.9 Å². The molecule has 0 saturated carbocycles. The smallest absolute Gasteiger partial charge is 0.241 e. The number of nitrogens with zero attached hydrogens (tertiary/aromatic N) is 6. The summed E-state index contributed by atoms with van der Waals surface area (Å²) >= 11 is 0. The summed E-state index contributed by atoms with van der Waals surface area (Å²) in [5, 5.41) is 0. The third-order valence-corrected chi connectivity index (χ3v) is 6.50. The predicted octanol–water partition coefficient (Wildman–Crippen LogP) is 2.87. The highest BCUT2D eigenvalue weighted by molar-refractivity contribution is 5.96. The highest BCUT2D eigenvalue weighted by Gasteiger charge is 2.27. The molecule has 0 unspecified atom stereocenters. The Labute approximate surface area is 188 Å². The number of rotatable bonds is 4. The summed E-state index contributed by atoms with van der Waals surface area (Å²) in [6.07, 6.45) is 4.50. The van der Waals surface area contributed by atoms with Gasteiger partial charge in [-0.25, -0.2) is 9.97 Å². The molecule has 7 nitrogen and oxygen atoms in total. The Bertz CT molecular complexity index is 1120. The van der Waals surface area contributed by atoms with E-state index in [2.05, 4.69) is 38.8 Å². The monoisotopic (exact) mass is 428 g/mol. The Morgan fingerprint density at radius 2 is 1.78 bits per heavy atom. The van der Waals surface area contributed by atoms with Crippen LogP contribution in [-0.4, -0.2) is 65.0 Å². The highest BCUT2D eigenvalue weighted by Crippen LogP contribution is 2.28. The summed E-state index contributed by atoms with van der Waals surface area (Å²) < 4.78 is 0. The molecular formula is C25H28N6O. The first-order chi connectivity index (χ1) is 15.6. The van der Waals surface area contributed by atoms with Crippen LogP contribution in [0.3, 0.4) is 0 Å². The van der Waals surface area contributed by atoms with Gasteiger partial charge in [0.2, 0.25) is 5.91 Å². The molecule has 0 radical (unpaired) electrons. The molecule has 7 heteroatoms. The van der Waals surface area contributed by atoms with Crippen molar-refractivity contribution in [2.75, 3.05) is 49.1 Å². The third-order valence-electron chi connectivity index (χ3n) is 6.50. The predicted molar refractivity (Wildman–Crippen MR) is 126 cm³/mol. The van der Waals surface area contributed by atoms with Crippen LogP contribution < -0.4 is 9.80 Å². The number of anilines is 2. The lowest BCUT2D eigenvalue weighted by Gasteiger charge is -2.36. The molecule has 2 aromatic heterocycles. The number of pyridine rings is 1. The number of piperazine rings is 1. The van der Waals surface area contributed by atoms with E-state index >= 15 is 0 Å². The average molecular weight is 429 g/mol. The molecule has 1 fully saturated rings. The van der Waals surface area contributed by atoms with Crippen LogP contribution in [0.5, 0.6) is 0 Å². The van der Waals surface area contributed by atoms with Crippen molar-refractivity contribution in [3.63, 3.8) is 0 Å². The largest absolute Gasteiger partial charge is 0.354 e. The van der Waals surface area contributed by atoms with Crippen molar-refractivity contribution in [2.45, 2.75) is 20.3 Å². The van der Waals surface area contributed by atoms with Crippen molar-refractivity contribution in [3.05, 3.63) is 65.6 Å². The molecule has 4 heterocycles. The molecule has 164 valence electrons. The van der Waals surface area contributed by atoms with Crippen LogP contribution in [-0.2, 0) is 11.2 Å². The summed E-state index contributed by atoms with van der Waals surface area (Å²) in [7, 11) is 0. The molecular weight excluding hydrogens is 400 g/mol. The van der Waals surface area contributed by atoms with Crippen molar-refractivity contribution in [3.8, 4) is 11.4 Å². The number of amides is 1. The van der Waals surface area contributed by atoms with Gasteiger partial charge in [0, 0.05) is 67.6 Å². The van der Waals surface area contributed by atoms with Gasteiger partial charge in [0.1, 0.15) is 5.82 Å². The van der Waals surface area contributed by atoms with Crippen LogP contribution in [0.15, 0.2) is 48.8 Å². The van der Waals surface area contributed by atoms with Crippen LogP contribution in [0.25, 0.3) is 11.4 Å². The van der Waals surface area contributed by atoms with Crippen molar-refractivity contribution in [2.24, 2.45) is 0 Å². The second-order valence-electron chi connectivity index (χ2n) is 8.51. The van der Waals surface area contributed by atoms with E-state index in [1.807, 2.05) is 36.1 Å². The molecule has 5 rings (SSSR count). The first kappa shape index (κ1) is 20.6. The Morgan fingerprint density at radius 3 is 2.56 bits per heavy atom. The molecule has 2 aliphatic rings. The molecule has 2 aliphatic heterocycles. The van der Waals surface area contributed by atoms with E-state index in [1.165, 1.54) is 5.56 Å². The minimum atomic E-state index is 0.191. The molecule has 0 N–H and O–H groups in total. The number of hydrogen-bond donors (Lipinski definition) is 0. The summed E-state index contributed by atoms with van der Waals surface area (Å²) in [4.78, 5) is 33.2. The van der Waals surface area contributed by atoms with Crippen molar-refractivity contribution >= 4 is 17.4 Å². The maximum atomic E-state index is 13.0. The van der Waals surface area contributed by atoms with E-state index in [0.717, 1.165) is 67.5 Å². The van der Waals surface area contributed by atoms with Gasteiger partial charge in [0.05, 0.1) is 6.54 Å². The van der Waals surface area contributed by atoms with Gasteiger partial charge >= 0.3 is 0 Å².